The van der Waals surface area contributed by atoms with E-state index in [0.717, 1.165) is 29.2 Å². The van der Waals surface area contributed by atoms with Crippen molar-refractivity contribution in [3.05, 3.63) is 22.7 Å². The van der Waals surface area contributed by atoms with Crippen LogP contribution in [-0.4, -0.2) is 13.1 Å². The normalized spacial score (nSPS) is 18.1. The number of anilines is 2. The SMILES string of the molecule is CC1CCN(c2cc(N)ccc2Br)CC1. The molecule has 2 rings (SSSR count). The second-order valence-corrected chi connectivity index (χ2v) is 5.23. The third kappa shape index (κ3) is 2.46. The first kappa shape index (κ1) is 10.8. The topological polar surface area (TPSA) is 29.3 Å². The van der Waals surface area contributed by atoms with Crippen molar-refractivity contribution in [1.82, 2.24) is 0 Å². The number of piperidine rings is 1. The van der Waals surface area contributed by atoms with Gasteiger partial charge in [0.25, 0.3) is 0 Å². The van der Waals surface area contributed by atoms with E-state index in [0.29, 0.717) is 0 Å². The van der Waals surface area contributed by atoms with Gasteiger partial charge in [0.05, 0.1) is 5.69 Å². The Kier molecular flexibility index (Phi) is 3.19. The average molecular weight is 269 g/mol. The fourth-order valence-electron chi connectivity index (χ4n) is 2.02. The molecule has 0 bridgehead atoms. The number of halogens is 1. The Labute approximate surface area is 99.6 Å². The van der Waals surface area contributed by atoms with Crippen LogP contribution < -0.4 is 10.6 Å². The van der Waals surface area contributed by atoms with Gasteiger partial charge in [-0.25, -0.2) is 0 Å². The van der Waals surface area contributed by atoms with Gasteiger partial charge in [-0.3, -0.25) is 0 Å². The minimum atomic E-state index is 0.840. The Morgan fingerprint density at radius 2 is 2.00 bits per heavy atom. The summed E-state index contributed by atoms with van der Waals surface area (Å²) in [5.74, 6) is 0.862. The lowest BCUT2D eigenvalue weighted by Crippen LogP contribution is -2.33. The molecule has 82 valence electrons. The molecule has 1 aromatic carbocycles. The highest BCUT2D eigenvalue weighted by Crippen LogP contribution is 2.31. The van der Waals surface area contributed by atoms with E-state index in [-0.39, 0.29) is 0 Å². The summed E-state index contributed by atoms with van der Waals surface area (Å²) in [5.41, 5.74) is 7.89. The summed E-state index contributed by atoms with van der Waals surface area (Å²) in [6.07, 6.45) is 2.56. The van der Waals surface area contributed by atoms with Gasteiger partial charge in [0.2, 0.25) is 0 Å². The van der Waals surface area contributed by atoms with Gasteiger partial charge in [-0.1, -0.05) is 6.92 Å². The van der Waals surface area contributed by atoms with Gasteiger partial charge in [0.1, 0.15) is 0 Å². The average Bonchev–Trinajstić information content (AvgIpc) is 2.23. The van der Waals surface area contributed by atoms with Gasteiger partial charge < -0.3 is 10.6 Å². The van der Waals surface area contributed by atoms with Crippen LogP contribution in [0.1, 0.15) is 19.8 Å². The van der Waals surface area contributed by atoms with E-state index in [1.54, 1.807) is 0 Å². The molecule has 1 saturated heterocycles. The van der Waals surface area contributed by atoms with Gasteiger partial charge in [0.15, 0.2) is 0 Å². The lowest BCUT2D eigenvalue weighted by atomic mass is 9.99. The molecule has 0 aliphatic carbocycles. The minimum absolute atomic E-state index is 0.840. The van der Waals surface area contributed by atoms with Crippen molar-refractivity contribution < 1.29 is 0 Å². The molecule has 0 spiro atoms. The summed E-state index contributed by atoms with van der Waals surface area (Å²) < 4.78 is 1.14. The standard InChI is InChI=1S/C12H17BrN2/c1-9-4-6-15(7-5-9)12-8-10(14)2-3-11(12)13/h2-3,8-9H,4-7,14H2,1H3. The van der Waals surface area contributed by atoms with Gasteiger partial charge in [-0.05, 0) is 52.9 Å². The third-order valence-electron chi connectivity index (χ3n) is 3.09. The van der Waals surface area contributed by atoms with Crippen LogP contribution in [0.25, 0.3) is 0 Å². The highest BCUT2D eigenvalue weighted by atomic mass is 79.9. The molecule has 0 atom stereocenters. The van der Waals surface area contributed by atoms with Crippen LogP contribution in [0.4, 0.5) is 11.4 Å². The lowest BCUT2D eigenvalue weighted by Gasteiger charge is -2.32. The molecule has 1 aliphatic rings. The Bertz CT molecular complexity index is 343. The molecular weight excluding hydrogens is 252 g/mol. The van der Waals surface area contributed by atoms with Crippen molar-refractivity contribution in [1.29, 1.82) is 0 Å². The van der Waals surface area contributed by atoms with Crippen molar-refractivity contribution in [2.24, 2.45) is 5.92 Å². The number of rotatable bonds is 1. The molecule has 0 unspecified atom stereocenters. The van der Waals surface area contributed by atoms with E-state index in [1.165, 1.54) is 18.5 Å². The van der Waals surface area contributed by atoms with Crippen LogP contribution in [0.3, 0.4) is 0 Å². The molecule has 0 saturated carbocycles. The molecule has 1 heterocycles. The van der Waals surface area contributed by atoms with Crippen LogP contribution in [-0.2, 0) is 0 Å². The number of nitrogen functional groups attached to an aromatic ring is 1. The zero-order valence-electron chi connectivity index (χ0n) is 9.04. The molecular formula is C12H17BrN2. The van der Waals surface area contributed by atoms with Gasteiger partial charge in [-0.15, -0.1) is 0 Å². The van der Waals surface area contributed by atoms with Crippen molar-refractivity contribution in [3.8, 4) is 0 Å². The smallest absolute Gasteiger partial charge is 0.0531 e. The Hall–Kier alpha value is -0.700. The first-order valence-electron chi connectivity index (χ1n) is 5.47. The molecule has 3 heteroatoms. The van der Waals surface area contributed by atoms with Gasteiger partial charge in [0, 0.05) is 23.2 Å². The molecule has 1 fully saturated rings. The van der Waals surface area contributed by atoms with Crippen molar-refractivity contribution in [2.45, 2.75) is 19.8 Å². The third-order valence-corrected chi connectivity index (χ3v) is 3.77. The maximum atomic E-state index is 5.81. The largest absolute Gasteiger partial charge is 0.399 e. The second-order valence-electron chi connectivity index (χ2n) is 4.38. The van der Waals surface area contributed by atoms with Crippen molar-refractivity contribution >= 4 is 27.3 Å². The predicted octanol–water partition coefficient (Wildman–Crippen LogP) is 3.27. The van der Waals surface area contributed by atoms with Crippen LogP contribution in [0.15, 0.2) is 22.7 Å². The summed E-state index contributed by atoms with van der Waals surface area (Å²) in [4.78, 5) is 2.42. The molecule has 0 amide bonds. The van der Waals surface area contributed by atoms with Gasteiger partial charge in [-0.2, -0.15) is 0 Å². The summed E-state index contributed by atoms with van der Waals surface area (Å²) in [7, 11) is 0. The molecule has 2 nitrogen and oxygen atoms in total. The molecule has 0 aromatic heterocycles. The molecule has 2 N–H and O–H groups in total. The first-order chi connectivity index (χ1) is 7.16. The lowest BCUT2D eigenvalue weighted by molar-refractivity contribution is 0.438. The van der Waals surface area contributed by atoms with Crippen LogP contribution >= 0.6 is 15.9 Å². The monoisotopic (exact) mass is 268 g/mol. The van der Waals surface area contributed by atoms with E-state index in [4.69, 9.17) is 5.73 Å². The Morgan fingerprint density at radius 1 is 1.33 bits per heavy atom. The second kappa shape index (κ2) is 4.44. The fraction of sp³-hybridized carbons (Fsp3) is 0.500. The van der Waals surface area contributed by atoms with E-state index in [1.807, 2.05) is 12.1 Å². The van der Waals surface area contributed by atoms with Crippen molar-refractivity contribution in [3.63, 3.8) is 0 Å². The van der Waals surface area contributed by atoms with E-state index in [2.05, 4.69) is 33.8 Å². The predicted molar refractivity (Wildman–Crippen MR) is 69.2 cm³/mol. The Morgan fingerprint density at radius 3 is 2.67 bits per heavy atom. The zero-order chi connectivity index (χ0) is 10.8. The molecule has 1 aliphatic heterocycles. The summed E-state index contributed by atoms with van der Waals surface area (Å²) >= 11 is 3.58. The molecule has 0 radical (unpaired) electrons. The van der Waals surface area contributed by atoms with E-state index in [9.17, 15) is 0 Å². The van der Waals surface area contributed by atoms with Crippen molar-refractivity contribution in [2.75, 3.05) is 23.7 Å². The van der Waals surface area contributed by atoms with Crippen LogP contribution in [0.2, 0.25) is 0 Å². The first-order valence-corrected chi connectivity index (χ1v) is 6.26. The summed E-state index contributed by atoms with van der Waals surface area (Å²) in [6, 6.07) is 6.02. The molecule has 15 heavy (non-hydrogen) atoms. The number of benzene rings is 1. The van der Waals surface area contributed by atoms with Crippen LogP contribution in [0, 0.1) is 5.92 Å². The highest BCUT2D eigenvalue weighted by Gasteiger charge is 2.17. The van der Waals surface area contributed by atoms with Crippen LogP contribution in [0.5, 0.6) is 0 Å². The summed E-state index contributed by atoms with van der Waals surface area (Å²) in [6.45, 7) is 4.61. The molecule has 1 aromatic rings. The minimum Gasteiger partial charge on any atom is -0.399 e. The maximum Gasteiger partial charge on any atom is 0.0531 e. The zero-order valence-corrected chi connectivity index (χ0v) is 10.6. The summed E-state index contributed by atoms with van der Waals surface area (Å²) in [5, 5.41) is 0. The maximum absolute atomic E-state index is 5.81. The Balaban J connectivity index is 2.18. The van der Waals surface area contributed by atoms with E-state index >= 15 is 0 Å². The highest BCUT2D eigenvalue weighted by molar-refractivity contribution is 9.10. The number of nitrogens with zero attached hydrogens (tertiary/aromatic N) is 1. The number of nitrogens with two attached hydrogens (primary N) is 1. The van der Waals surface area contributed by atoms with Gasteiger partial charge >= 0.3 is 0 Å². The number of hydrogen-bond donors (Lipinski definition) is 1. The number of hydrogen-bond acceptors (Lipinski definition) is 2. The quantitative estimate of drug-likeness (QED) is 0.793. The fourth-order valence-corrected chi connectivity index (χ4v) is 2.52. The van der Waals surface area contributed by atoms with E-state index < -0.39 is 0 Å².